The van der Waals surface area contributed by atoms with Crippen LogP contribution in [0.1, 0.15) is 30.3 Å². The summed E-state index contributed by atoms with van der Waals surface area (Å²) >= 11 is 0. The number of rotatable bonds is 3. The van der Waals surface area contributed by atoms with Crippen molar-refractivity contribution in [1.29, 1.82) is 0 Å². The van der Waals surface area contributed by atoms with Gasteiger partial charge in [0.15, 0.2) is 5.89 Å². The van der Waals surface area contributed by atoms with Crippen LogP contribution < -0.4 is 5.32 Å². The molecule has 2 saturated heterocycles. The summed E-state index contributed by atoms with van der Waals surface area (Å²) in [6.07, 6.45) is 5.11. The highest BCUT2D eigenvalue weighted by molar-refractivity contribution is 5.06. The molecule has 0 amide bonds. The van der Waals surface area contributed by atoms with Gasteiger partial charge in [0.1, 0.15) is 6.26 Å². The molecule has 2 aliphatic heterocycles. The van der Waals surface area contributed by atoms with Crippen LogP contribution in [0, 0.1) is 5.92 Å². The second-order valence-electron chi connectivity index (χ2n) is 4.81. The van der Waals surface area contributed by atoms with Crippen molar-refractivity contribution < 1.29 is 9.15 Å². The molecule has 1 atom stereocenters. The molecule has 88 valence electrons. The van der Waals surface area contributed by atoms with Gasteiger partial charge in [0.05, 0.1) is 12.3 Å². The van der Waals surface area contributed by atoms with E-state index >= 15 is 0 Å². The van der Waals surface area contributed by atoms with Crippen molar-refractivity contribution in [1.82, 2.24) is 10.3 Å². The fourth-order valence-corrected chi connectivity index (χ4v) is 2.32. The molecule has 1 unspecified atom stereocenters. The predicted molar refractivity (Wildman–Crippen MR) is 59.4 cm³/mol. The topological polar surface area (TPSA) is 47.3 Å². The molecule has 4 heteroatoms. The minimum atomic E-state index is 0.450. The second kappa shape index (κ2) is 4.55. The third-order valence-electron chi connectivity index (χ3n) is 3.48. The highest BCUT2D eigenvalue weighted by Crippen LogP contribution is 2.25. The van der Waals surface area contributed by atoms with Crippen LogP contribution in [-0.4, -0.2) is 31.3 Å². The Morgan fingerprint density at radius 3 is 3.06 bits per heavy atom. The van der Waals surface area contributed by atoms with Gasteiger partial charge in [0, 0.05) is 18.9 Å². The first kappa shape index (κ1) is 10.3. The number of nitrogens with zero attached hydrogens (tertiary/aromatic N) is 1. The van der Waals surface area contributed by atoms with Crippen LogP contribution in [0.3, 0.4) is 0 Å². The minimum absolute atomic E-state index is 0.450. The van der Waals surface area contributed by atoms with E-state index in [1.54, 1.807) is 0 Å². The molecule has 16 heavy (non-hydrogen) atoms. The van der Waals surface area contributed by atoms with E-state index in [0.717, 1.165) is 50.7 Å². The number of oxazole rings is 1. The van der Waals surface area contributed by atoms with Gasteiger partial charge in [-0.2, -0.15) is 0 Å². The maximum Gasteiger partial charge on any atom is 0.194 e. The monoisotopic (exact) mass is 222 g/mol. The Labute approximate surface area is 95.4 Å². The average molecular weight is 222 g/mol. The molecule has 1 aromatic rings. The number of ether oxygens (including phenoxy) is 1. The normalized spacial score (nSPS) is 26.6. The van der Waals surface area contributed by atoms with Crippen molar-refractivity contribution in [2.75, 3.05) is 26.3 Å². The zero-order chi connectivity index (χ0) is 10.8. The van der Waals surface area contributed by atoms with E-state index in [9.17, 15) is 0 Å². The van der Waals surface area contributed by atoms with Gasteiger partial charge < -0.3 is 14.5 Å². The summed E-state index contributed by atoms with van der Waals surface area (Å²) in [7, 11) is 0. The molecule has 2 aliphatic rings. The summed E-state index contributed by atoms with van der Waals surface area (Å²) in [4.78, 5) is 4.58. The summed E-state index contributed by atoms with van der Waals surface area (Å²) in [6, 6.07) is 0. The van der Waals surface area contributed by atoms with Gasteiger partial charge in [-0.05, 0) is 31.8 Å². The van der Waals surface area contributed by atoms with Gasteiger partial charge in [0.2, 0.25) is 0 Å². The summed E-state index contributed by atoms with van der Waals surface area (Å²) in [6.45, 7) is 3.90. The third-order valence-corrected chi connectivity index (χ3v) is 3.48. The van der Waals surface area contributed by atoms with Crippen LogP contribution in [0.15, 0.2) is 10.7 Å². The lowest BCUT2D eigenvalue weighted by atomic mass is 9.98. The number of hydrogen-bond acceptors (Lipinski definition) is 4. The van der Waals surface area contributed by atoms with Crippen LogP contribution >= 0.6 is 0 Å². The number of aromatic nitrogens is 1. The van der Waals surface area contributed by atoms with Crippen molar-refractivity contribution in [2.24, 2.45) is 5.92 Å². The van der Waals surface area contributed by atoms with Crippen molar-refractivity contribution in [3.8, 4) is 0 Å². The molecule has 0 aliphatic carbocycles. The van der Waals surface area contributed by atoms with Crippen LogP contribution in [0.25, 0.3) is 0 Å². The largest absolute Gasteiger partial charge is 0.449 e. The molecule has 4 nitrogen and oxygen atoms in total. The van der Waals surface area contributed by atoms with Gasteiger partial charge in [0.25, 0.3) is 0 Å². The Bertz CT molecular complexity index is 341. The molecule has 1 aromatic heterocycles. The lowest BCUT2D eigenvalue weighted by Gasteiger charge is -2.25. The first-order valence-electron chi connectivity index (χ1n) is 6.14. The molecular weight excluding hydrogens is 204 g/mol. The van der Waals surface area contributed by atoms with Crippen molar-refractivity contribution >= 4 is 0 Å². The van der Waals surface area contributed by atoms with E-state index in [1.165, 1.54) is 6.42 Å². The number of hydrogen-bond donors (Lipinski definition) is 1. The second-order valence-corrected chi connectivity index (χ2v) is 4.81. The van der Waals surface area contributed by atoms with Crippen LogP contribution in [0.5, 0.6) is 0 Å². The van der Waals surface area contributed by atoms with Gasteiger partial charge in [-0.15, -0.1) is 0 Å². The molecule has 1 N–H and O–H groups in total. The SMILES string of the molecule is c1oc(CC2CNC2)nc1C1CCCOC1. The standard InChI is InChI=1S/C12H18N2O2/c1-2-10(7-15-3-1)11-8-16-12(14-11)4-9-5-13-6-9/h8-10,13H,1-7H2. The Morgan fingerprint density at radius 1 is 1.44 bits per heavy atom. The number of nitrogens with one attached hydrogen (secondary N) is 1. The first-order chi connectivity index (χ1) is 7.92. The molecule has 2 fully saturated rings. The maximum absolute atomic E-state index is 5.53. The zero-order valence-corrected chi connectivity index (χ0v) is 9.45. The van der Waals surface area contributed by atoms with E-state index < -0.39 is 0 Å². The van der Waals surface area contributed by atoms with E-state index in [-0.39, 0.29) is 0 Å². The van der Waals surface area contributed by atoms with Crippen LogP contribution in [0.2, 0.25) is 0 Å². The molecule has 0 spiro atoms. The molecule has 3 heterocycles. The molecule has 0 saturated carbocycles. The highest BCUT2D eigenvalue weighted by atomic mass is 16.5. The van der Waals surface area contributed by atoms with Gasteiger partial charge >= 0.3 is 0 Å². The molecule has 3 rings (SSSR count). The maximum atomic E-state index is 5.53. The van der Waals surface area contributed by atoms with E-state index in [4.69, 9.17) is 9.15 Å². The molecular formula is C12H18N2O2. The van der Waals surface area contributed by atoms with Gasteiger partial charge in [-0.25, -0.2) is 4.98 Å². The summed E-state index contributed by atoms with van der Waals surface area (Å²) in [5, 5.41) is 3.26. The summed E-state index contributed by atoms with van der Waals surface area (Å²) in [5.41, 5.74) is 1.09. The van der Waals surface area contributed by atoms with Crippen LogP contribution in [0.4, 0.5) is 0 Å². The lowest BCUT2D eigenvalue weighted by Crippen LogP contribution is -2.43. The van der Waals surface area contributed by atoms with Gasteiger partial charge in [-0.1, -0.05) is 0 Å². The quantitative estimate of drug-likeness (QED) is 0.838. The summed E-state index contributed by atoms with van der Waals surface area (Å²) in [5.74, 6) is 2.06. The molecule has 0 aromatic carbocycles. The van der Waals surface area contributed by atoms with Crippen molar-refractivity contribution in [3.05, 3.63) is 17.8 Å². The van der Waals surface area contributed by atoms with E-state index in [1.807, 2.05) is 6.26 Å². The molecule has 0 radical (unpaired) electrons. The Hall–Kier alpha value is -0.870. The minimum Gasteiger partial charge on any atom is -0.449 e. The fraction of sp³-hybridized carbons (Fsp3) is 0.750. The third kappa shape index (κ3) is 2.13. The smallest absolute Gasteiger partial charge is 0.194 e. The Balaban J connectivity index is 1.61. The van der Waals surface area contributed by atoms with E-state index in [2.05, 4.69) is 10.3 Å². The fourth-order valence-electron chi connectivity index (χ4n) is 2.32. The highest BCUT2D eigenvalue weighted by Gasteiger charge is 2.22. The zero-order valence-electron chi connectivity index (χ0n) is 9.45. The predicted octanol–water partition coefficient (Wildman–Crippen LogP) is 1.33. The Kier molecular flexibility index (Phi) is 2.93. The van der Waals surface area contributed by atoms with Crippen molar-refractivity contribution in [3.63, 3.8) is 0 Å². The van der Waals surface area contributed by atoms with E-state index in [0.29, 0.717) is 11.8 Å². The first-order valence-corrected chi connectivity index (χ1v) is 6.14. The lowest BCUT2D eigenvalue weighted by molar-refractivity contribution is 0.0792. The van der Waals surface area contributed by atoms with Crippen molar-refractivity contribution in [2.45, 2.75) is 25.2 Å². The van der Waals surface area contributed by atoms with Gasteiger partial charge in [-0.3, -0.25) is 0 Å². The average Bonchev–Trinajstić information content (AvgIpc) is 2.73. The Morgan fingerprint density at radius 2 is 2.38 bits per heavy atom. The van der Waals surface area contributed by atoms with Crippen LogP contribution in [-0.2, 0) is 11.2 Å². The summed E-state index contributed by atoms with van der Waals surface area (Å²) < 4.78 is 11.0. The molecule has 0 bridgehead atoms.